The molecule has 5 heteroatoms. The summed E-state index contributed by atoms with van der Waals surface area (Å²) in [4.78, 5) is 2.16. The van der Waals surface area contributed by atoms with Crippen LogP contribution in [0.1, 0.15) is 36.9 Å². The molecule has 2 N–H and O–H groups in total. The molecule has 0 radical (unpaired) electrons. The quantitative estimate of drug-likeness (QED) is 0.896. The van der Waals surface area contributed by atoms with Crippen LogP contribution in [0.15, 0.2) is 24.3 Å². The topological polar surface area (TPSA) is 29.3 Å². The molecule has 1 aromatic carbocycles. The lowest BCUT2D eigenvalue weighted by atomic mass is 9.90. The van der Waals surface area contributed by atoms with Gasteiger partial charge in [0.25, 0.3) is 0 Å². The van der Waals surface area contributed by atoms with Gasteiger partial charge in [0.2, 0.25) is 0 Å². The molecule has 2 rings (SSSR count). The number of nitrogens with two attached hydrogens (primary N) is 1. The van der Waals surface area contributed by atoms with E-state index in [2.05, 4.69) is 4.90 Å². The van der Waals surface area contributed by atoms with Crippen LogP contribution in [0.2, 0.25) is 0 Å². The van der Waals surface area contributed by atoms with Crippen molar-refractivity contribution in [2.75, 3.05) is 13.1 Å². The van der Waals surface area contributed by atoms with Crippen molar-refractivity contribution in [1.82, 2.24) is 4.90 Å². The van der Waals surface area contributed by atoms with Crippen LogP contribution in [-0.4, -0.2) is 24.0 Å². The molecule has 1 aliphatic rings. The minimum Gasteiger partial charge on any atom is -0.326 e. The highest BCUT2D eigenvalue weighted by Crippen LogP contribution is 2.34. The number of hydrogen-bond donors (Lipinski definition) is 1. The van der Waals surface area contributed by atoms with Crippen LogP contribution in [0.5, 0.6) is 0 Å². The van der Waals surface area contributed by atoms with E-state index in [1.54, 1.807) is 6.07 Å². The molecule has 2 unspecified atom stereocenters. The van der Waals surface area contributed by atoms with Gasteiger partial charge in [-0.1, -0.05) is 19.1 Å². The van der Waals surface area contributed by atoms with Gasteiger partial charge in [-0.3, -0.25) is 4.90 Å². The standard InChI is InChI=1S/C14H19F3N2/c1-2-19-8-4-7-12(18)13(19)10-5-3-6-11(9-10)14(15,16)17/h3,5-6,9,12-13H,2,4,7-8,18H2,1H3. The highest BCUT2D eigenvalue weighted by molar-refractivity contribution is 5.29. The maximum Gasteiger partial charge on any atom is 0.416 e. The molecule has 2 atom stereocenters. The van der Waals surface area contributed by atoms with E-state index in [1.165, 1.54) is 12.1 Å². The second-order valence-electron chi connectivity index (χ2n) is 5.00. The van der Waals surface area contributed by atoms with Crippen molar-refractivity contribution in [3.63, 3.8) is 0 Å². The lowest BCUT2D eigenvalue weighted by Crippen LogP contribution is -2.45. The summed E-state index contributed by atoms with van der Waals surface area (Å²) >= 11 is 0. The Bertz CT molecular complexity index is 431. The number of likely N-dealkylation sites (N-methyl/N-ethyl adjacent to an activating group) is 1. The Morgan fingerprint density at radius 3 is 2.74 bits per heavy atom. The number of rotatable bonds is 2. The summed E-state index contributed by atoms with van der Waals surface area (Å²) in [6.45, 7) is 3.71. The maximum atomic E-state index is 12.8. The first-order valence-electron chi connectivity index (χ1n) is 6.60. The van der Waals surface area contributed by atoms with Gasteiger partial charge in [-0.25, -0.2) is 0 Å². The lowest BCUT2D eigenvalue weighted by molar-refractivity contribution is -0.137. The highest BCUT2D eigenvalue weighted by Gasteiger charge is 2.33. The van der Waals surface area contributed by atoms with E-state index < -0.39 is 11.7 Å². The smallest absolute Gasteiger partial charge is 0.326 e. The zero-order valence-electron chi connectivity index (χ0n) is 11.0. The van der Waals surface area contributed by atoms with Gasteiger partial charge >= 0.3 is 6.18 Å². The summed E-state index contributed by atoms with van der Waals surface area (Å²) in [5, 5.41) is 0. The van der Waals surface area contributed by atoms with Gasteiger partial charge in [0.15, 0.2) is 0 Å². The maximum absolute atomic E-state index is 12.8. The van der Waals surface area contributed by atoms with Crippen LogP contribution in [-0.2, 0) is 6.18 Å². The van der Waals surface area contributed by atoms with Crippen LogP contribution >= 0.6 is 0 Å². The van der Waals surface area contributed by atoms with Crippen molar-refractivity contribution in [3.8, 4) is 0 Å². The largest absolute Gasteiger partial charge is 0.416 e. The molecule has 0 saturated carbocycles. The van der Waals surface area contributed by atoms with Gasteiger partial charge in [-0.15, -0.1) is 0 Å². The van der Waals surface area contributed by atoms with Gasteiger partial charge in [-0.05, 0) is 43.6 Å². The molecule has 0 aliphatic carbocycles. The third kappa shape index (κ3) is 3.09. The van der Waals surface area contributed by atoms with Crippen LogP contribution in [0.4, 0.5) is 13.2 Å². The summed E-state index contributed by atoms with van der Waals surface area (Å²) in [6.07, 6.45) is -2.44. The molecule has 106 valence electrons. The predicted octanol–water partition coefficient (Wildman–Crippen LogP) is 3.19. The van der Waals surface area contributed by atoms with Crippen LogP contribution in [0.25, 0.3) is 0 Å². The van der Waals surface area contributed by atoms with Crippen molar-refractivity contribution < 1.29 is 13.2 Å². The highest BCUT2D eigenvalue weighted by atomic mass is 19.4. The minimum absolute atomic E-state index is 0.0998. The summed E-state index contributed by atoms with van der Waals surface area (Å²) in [7, 11) is 0. The van der Waals surface area contributed by atoms with E-state index in [9.17, 15) is 13.2 Å². The van der Waals surface area contributed by atoms with Gasteiger partial charge in [0.1, 0.15) is 0 Å². The van der Waals surface area contributed by atoms with Crippen LogP contribution in [0.3, 0.4) is 0 Å². The van der Waals surface area contributed by atoms with Crippen molar-refractivity contribution in [3.05, 3.63) is 35.4 Å². The summed E-state index contributed by atoms with van der Waals surface area (Å²) in [5.41, 5.74) is 6.19. The third-order valence-corrected chi connectivity index (χ3v) is 3.74. The van der Waals surface area contributed by atoms with Gasteiger partial charge < -0.3 is 5.73 Å². The average molecular weight is 272 g/mol. The normalized spacial score (nSPS) is 25.5. The van der Waals surface area contributed by atoms with E-state index in [4.69, 9.17) is 5.73 Å². The zero-order chi connectivity index (χ0) is 14.0. The monoisotopic (exact) mass is 272 g/mol. The van der Waals surface area contributed by atoms with Crippen LogP contribution < -0.4 is 5.73 Å². The second-order valence-corrected chi connectivity index (χ2v) is 5.00. The molecule has 0 bridgehead atoms. The Labute approximate surface area is 111 Å². The first-order chi connectivity index (χ1) is 8.93. The molecule has 1 saturated heterocycles. The first-order valence-corrected chi connectivity index (χ1v) is 6.60. The number of benzene rings is 1. The zero-order valence-corrected chi connectivity index (χ0v) is 11.0. The fourth-order valence-electron chi connectivity index (χ4n) is 2.81. The molecule has 0 amide bonds. The number of alkyl halides is 3. The van der Waals surface area contributed by atoms with Gasteiger partial charge in [-0.2, -0.15) is 13.2 Å². The Hall–Kier alpha value is -1.07. The second kappa shape index (κ2) is 5.51. The number of nitrogens with zero attached hydrogens (tertiary/aromatic N) is 1. The predicted molar refractivity (Wildman–Crippen MR) is 68.6 cm³/mol. The first kappa shape index (κ1) is 14.3. The van der Waals surface area contributed by atoms with E-state index in [-0.39, 0.29) is 12.1 Å². The molecule has 1 aromatic rings. The molecule has 0 spiro atoms. The van der Waals surface area contributed by atoms with Crippen molar-refractivity contribution in [2.45, 2.75) is 38.0 Å². The van der Waals surface area contributed by atoms with Crippen molar-refractivity contribution in [2.24, 2.45) is 5.73 Å². The van der Waals surface area contributed by atoms with Gasteiger partial charge in [0, 0.05) is 12.1 Å². The number of likely N-dealkylation sites (tertiary alicyclic amines) is 1. The Morgan fingerprint density at radius 1 is 1.37 bits per heavy atom. The van der Waals surface area contributed by atoms with Crippen molar-refractivity contribution in [1.29, 1.82) is 0 Å². The fourth-order valence-corrected chi connectivity index (χ4v) is 2.81. The molecule has 1 fully saturated rings. The minimum atomic E-state index is -4.30. The Kier molecular flexibility index (Phi) is 4.16. The van der Waals surface area contributed by atoms with Crippen molar-refractivity contribution >= 4 is 0 Å². The summed E-state index contributed by atoms with van der Waals surface area (Å²) in [5.74, 6) is 0. The van der Waals surface area contributed by atoms with E-state index in [0.717, 1.165) is 32.0 Å². The number of piperidine rings is 1. The Balaban J connectivity index is 2.33. The summed E-state index contributed by atoms with van der Waals surface area (Å²) < 4.78 is 38.3. The molecule has 19 heavy (non-hydrogen) atoms. The molecule has 1 heterocycles. The fraction of sp³-hybridized carbons (Fsp3) is 0.571. The lowest BCUT2D eigenvalue weighted by Gasteiger charge is -2.39. The number of hydrogen-bond acceptors (Lipinski definition) is 2. The molecular formula is C14H19F3N2. The Morgan fingerprint density at radius 2 is 2.11 bits per heavy atom. The third-order valence-electron chi connectivity index (χ3n) is 3.74. The van der Waals surface area contributed by atoms with E-state index in [0.29, 0.717) is 5.56 Å². The van der Waals surface area contributed by atoms with E-state index >= 15 is 0 Å². The average Bonchev–Trinajstić information content (AvgIpc) is 2.37. The molecule has 2 nitrogen and oxygen atoms in total. The SMILES string of the molecule is CCN1CCCC(N)C1c1cccc(C(F)(F)F)c1. The van der Waals surface area contributed by atoms with Crippen LogP contribution in [0, 0.1) is 0 Å². The molecule has 1 aliphatic heterocycles. The van der Waals surface area contributed by atoms with E-state index in [1.807, 2.05) is 6.92 Å². The molecule has 0 aromatic heterocycles. The summed E-state index contributed by atoms with van der Waals surface area (Å²) in [6, 6.07) is 5.34. The van der Waals surface area contributed by atoms with Gasteiger partial charge in [0.05, 0.1) is 5.56 Å². The number of halogens is 3. The molecular weight excluding hydrogens is 253 g/mol.